The highest BCUT2D eigenvalue weighted by atomic mass is 16.5. The summed E-state index contributed by atoms with van der Waals surface area (Å²) in [4.78, 5) is 21.2. The number of hydrogen-bond donors (Lipinski definition) is 2. The van der Waals surface area contributed by atoms with Crippen LogP contribution in [0.25, 0.3) is 0 Å². The Hall–Kier alpha value is -1.10. The quantitative estimate of drug-likeness (QED) is 0.581. The van der Waals surface area contributed by atoms with Gasteiger partial charge < -0.3 is 15.2 Å². The molecular weight excluding hydrogens is 210 g/mol. The molecule has 0 atom stereocenters. The molecule has 0 aromatic heterocycles. The number of aliphatic carboxylic acids is 1. The molecule has 0 aliphatic carbocycles. The van der Waals surface area contributed by atoms with E-state index < -0.39 is 5.97 Å². The van der Waals surface area contributed by atoms with Crippen molar-refractivity contribution in [3.05, 3.63) is 0 Å². The number of carboxylic acid groups (broad SMARTS) is 1. The monoisotopic (exact) mass is 231 g/mol. The van der Waals surface area contributed by atoms with Gasteiger partial charge in [0.15, 0.2) is 0 Å². The van der Waals surface area contributed by atoms with E-state index >= 15 is 0 Å². The summed E-state index contributed by atoms with van der Waals surface area (Å²) >= 11 is 0. The zero-order valence-corrected chi connectivity index (χ0v) is 9.99. The Morgan fingerprint density at radius 1 is 1.25 bits per heavy atom. The summed E-state index contributed by atoms with van der Waals surface area (Å²) in [6.07, 6.45) is 0.911. The molecule has 16 heavy (non-hydrogen) atoms. The van der Waals surface area contributed by atoms with Crippen LogP contribution in [0.2, 0.25) is 0 Å². The van der Waals surface area contributed by atoms with Crippen LogP contribution in [0.3, 0.4) is 0 Å². The molecule has 0 aliphatic heterocycles. The van der Waals surface area contributed by atoms with Crippen LogP contribution >= 0.6 is 0 Å². The van der Waals surface area contributed by atoms with Gasteiger partial charge in [-0.15, -0.1) is 0 Å². The Bertz CT molecular complexity index is 216. The van der Waals surface area contributed by atoms with Gasteiger partial charge in [0.1, 0.15) is 0 Å². The van der Waals surface area contributed by atoms with E-state index in [1.807, 2.05) is 0 Å². The van der Waals surface area contributed by atoms with Crippen molar-refractivity contribution in [3.63, 3.8) is 0 Å². The van der Waals surface area contributed by atoms with Crippen LogP contribution in [0.5, 0.6) is 0 Å². The van der Waals surface area contributed by atoms with Gasteiger partial charge in [-0.1, -0.05) is 13.8 Å². The van der Waals surface area contributed by atoms with Gasteiger partial charge in [0.05, 0.1) is 13.0 Å². The van der Waals surface area contributed by atoms with E-state index in [0.29, 0.717) is 25.7 Å². The molecule has 0 aromatic rings. The summed E-state index contributed by atoms with van der Waals surface area (Å²) in [5.74, 6) is -0.580. The number of hydrogen-bond acceptors (Lipinski definition) is 3. The largest absolute Gasteiger partial charge is 0.481 e. The first-order valence-corrected chi connectivity index (χ1v) is 5.58. The number of carbonyl (C=O) groups excluding carboxylic acids is 1. The third-order valence-electron chi connectivity index (χ3n) is 1.97. The first-order valence-electron chi connectivity index (χ1n) is 5.58. The van der Waals surface area contributed by atoms with Crippen molar-refractivity contribution in [1.29, 1.82) is 0 Å². The minimum absolute atomic E-state index is 0.0291. The van der Waals surface area contributed by atoms with Crippen LogP contribution < -0.4 is 5.32 Å². The average Bonchev–Trinajstić information content (AvgIpc) is 2.19. The molecule has 0 spiro atoms. The van der Waals surface area contributed by atoms with Crippen LogP contribution in [0, 0.1) is 5.92 Å². The highest BCUT2D eigenvalue weighted by Crippen LogP contribution is 1.98. The first kappa shape index (κ1) is 14.9. The summed E-state index contributed by atoms with van der Waals surface area (Å²) in [7, 11) is 0. The standard InChI is InChI=1S/C11H21NO4/c1-9(2)5-7-16-8-6-12-10(13)3-4-11(14)15/h9H,3-8H2,1-2H3,(H,12,13)(H,14,15). The fraction of sp³-hybridized carbons (Fsp3) is 0.818. The van der Waals surface area contributed by atoms with E-state index in [2.05, 4.69) is 19.2 Å². The molecule has 0 radical (unpaired) electrons. The van der Waals surface area contributed by atoms with E-state index in [1.165, 1.54) is 0 Å². The molecule has 1 amide bonds. The second-order valence-electron chi connectivity index (χ2n) is 4.04. The van der Waals surface area contributed by atoms with Gasteiger partial charge in [-0.2, -0.15) is 0 Å². The van der Waals surface area contributed by atoms with Crippen molar-refractivity contribution in [2.24, 2.45) is 5.92 Å². The fourth-order valence-corrected chi connectivity index (χ4v) is 0.993. The smallest absolute Gasteiger partial charge is 0.303 e. The highest BCUT2D eigenvalue weighted by Gasteiger charge is 2.04. The number of carbonyl (C=O) groups is 2. The number of rotatable bonds is 9. The molecule has 0 rings (SSSR count). The summed E-state index contributed by atoms with van der Waals surface area (Å²) in [6.45, 7) is 5.86. The molecule has 0 aromatic carbocycles. The third-order valence-corrected chi connectivity index (χ3v) is 1.97. The molecule has 94 valence electrons. The van der Waals surface area contributed by atoms with Crippen molar-refractivity contribution >= 4 is 11.9 Å². The Balaban J connectivity index is 3.24. The summed E-state index contributed by atoms with van der Waals surface area (Å²) in [5, 5.41) is 11.0. The molecule has 5 heteroatoms. The molecular formula is C11H21NO4. The normalized spacial score (nSPS) is 10.4. The molecule has 0 unspecified atom stereocenters. The van der Waals surface area contributed by atoms with E-state index in [-0.39, 0.29) is 18.7 Å². The lowest BCUT2D eigenvalue weighted by molar-refractivity contribution is -0.138. The maximum atomic E-state index is 11.1. The average molecular weight is 231 g/mol. The minimum Gasteiger partial charge on any atom is -0.481 e. The number of nitrogens with one attached hydrogen (secondary N) is 1. The van der Waals surface area contributed by atoms with Crippen molar-refractivity contribution in [2.75, 3.05) is 19.8 Å². The van der Waals surface area contributed by atoms with E-state index in [9.17, 15) is 9.59 Å². The van der Waals surface area contributed by atoms with Gasteiger partial charge in [0.25, 0.3) is 0 Å². The Morgan fingerprint density at radius 3 is 2.50 bits per heavy atom. The number of ether oxygens (including phenoxy) is 1. The predicted octanol–water partition coefficient (Wildman–Crippen LogP) is 1.03. The Kier molecular flexibility index (Phi) is 8.52. The zero-order valence-electron chi connectivity index (χ0n) is 9.99. The highest BCUT2D eigenvalue weighted by molar-refractivity contribution is 5.80. The minimum atomic E-state index is -0.955. The maximum Gasteiger partial charge on any atom is 0.303 e. The van der Waals surface area contributed by atoms with Crippen LogP contribution in [0.15, 0.2) is 0 Å². The zero-order chi connectivity index (χ0) is 12.4. The summed E-state index contributed by atoms with van der Waals surface area (Å²) in [5.41, 5.74) is 0. The van der Waals surface area contributed by atoms with Gasteiger partial charge in [-0.05, 0) is 12.3 Å². The summed E-state index contributed by atoms with van der Waals surface area (Å²) in [6, 6.07) is 0. The fourth-order valence-electron chi connectivity index (χ4n) is 0.993. The van der Waals surface area contributed by atoms with Crippen molar-refractivity contribution in [1.82, 2.24) is 5.32 Å². The maximum absolute atomic E-state index is 11.1. The second kappa shape index (κ2) is 9.15. The molecule has 0 saturated heterocycles. The van der Waals surface area contributed by atoms with Gasteiger partial charge >= 0.3 is 5.97 Å². The lowest BCUT2D eigenvalue weighted by Crippen LogP contribution is -2.27. The molecule has 2 N–H and O–H groups in total. The third kappa shape index (κ3) is 11.0. The van der Waals surface area contributed by atoms with Crippen molar-refractivity contribution in [2.45, 2.75) is 33.1 Å². The van der Waals surface area contributed by atoms with Crippen LogP contribution in [0.1, 0.15) is 33.1 Å². The number of carboxylic acids is 1. The molecule has 0 fully saturated rings. The van der Waals surface area contributed by atoms with Gasteiger partial charge in [0.2, 0.25) is 5.91 Å². The summed E-state index contributed by atoms with van der Waals surface area (Å²) < 4.78 is 5.29. The Labute approximate surface area is 96.2 Å². The lowest BCUT2D eigenvalue weighted by atomic mass is 10.1. The number of amides is 1. The van der Waals surface area contributed by atoms with Gasteiger partial charge in [0, 0.05) is 19.6 Å². The van der Waals surface area contributed by atoms with Gasteiger partial charge in [-0.25, -0.2) is 0 Å². The van der Waals surface area contributed by atoms with Crippen molar-refractivity contribution < 1.29 is 19.4 Å². The van der Waals surface area contributed by atoms with E-state index in [0.717, 1.165) is 6.42 Å². The predicted molar refractivity (Wildman–Crippen MR) is 60.2 cm³/mol. The topological polar surface area (TPSA) is 75.6 Å². The molecule has 0 bridgehead atoms. The van der Waals surface area contributed by atoms with Crippen LogP contribution in [0.4, 0.5) is 0 Å². The van der Waals surface area contributed by atoms with Crippen LogP contribution in [-0.4, -0.2) is 36.7 Å². The molecule has 0 heterocycles. The Morgan fingerprint density at radius 2 is 1.94 bits per heavy atom. The van der Waals surface area contributed by atoms with Crippen LogP contribution in [-0.2, 0) is 14.3 Å². The lowest BCUT2D eigenvalue weighted by Gasteiger charge is -2.07. The van der Waals surface area contributed by atoms with Gasteiger partial charge in [-0.3, -0.25) is 9.59 Å². The first-order chi connectivity index (χ1) is 7.52. The second-order valence-corrected chi connectivity index (χ2v) is 4.04. The molecule has 0 saturated carbocycles. The van der Waals surface area contributed by atoms with E-state index in [4.69, 9.17) is 9.84 Å². The van der Waals surface area contributed by atoms with Crippen molar-refractivity contribution in [3.8, 4) is 0 Å². The molecule has 5 nitrogen and oxygen atoms in total. The molecule has 0 aliphatic rings. The SMILES string of the molecule is CC(C)CCOCCNC(=O)CCC(=O)O. The van der Waals surface area contributed by atoms with E-state index in [1.54, 1.807) is 0 Å².